The molecule has 4 rings (SSSR count). The molecule has 1 atom stereocenters. The summed E-state index contributed by atoms with van der Waals surface area (Å²) in [4.78, 5) is 14.8. The van der Waals surface area contributed by atoms with Gasteiger partial charge in [0.25, 0.3) is 0 Å². The van der Waals surface area contributed by atoms with Crippen molar-refractivity contribution in [3.05, 3.63) is 35.5 Å². The van der Waals surface area contributed by atoms with Crippen LogP contribution in [0.2, 0.25) is 5.15 Å². The highest BCUT2D eigenvalue weighted by Crippen LogP contribution is 2.33. The number of nitrogens with zero attached hydrogens (tertiary/aromatic N) is 3. The first kappa shape index (κ1) is 16.9. The normalized spacial score (nSPS) is 19.1. The van der Waals surface area contributed by atoms with Crippen LogP contribution in [0.3, 0.4) is 0 Å². The molecule has 0 spiro atoms. The van der Waals surface area contributed by atoms with Crippen LogP contribution in [0.15, 0.2) is 30.3 Å². The van der Waals surface area contributed by atoms with Crippen molar-refractivity contribution in [3.63, 3.8) is 0 Å². The van der Waals surface area contributed by atoms with Gasteiger partial charge in [-0.05, 0) is 37.1 Å². The number of nitrogens with one attached hydrogen (secondary N) is 1. The molecule has 26 heavy (non-hydrogen) atoms. The number of anilines is 2. The maximum absolute atomic E-state index is 12.7. The zero-order valence-corrected chi connectivity index (χ0v) is 14.9. The number of halogens is 1. The van der Waals surface area contributed by atoms with Crippen LogP contribution in [-0.2, 0) is 4.79 Å². The maximum Gasteiger partial charge on any atom is 0.229 e. The van der Waals surface area contributed by atoms with Gasteiger partial charge >= 0.3 is 0 Å². The Morgan fingerprint density at radius 2 is 2.00 bits per heavy atom. The Labute approximate surface area is 156 Å². The van der Waals surface area contributed by atoms with E-state index in [1.54, 1.807) is 12.1 Å². The number of carbonyl (C=O) groups is 1. The van der Waals surface area contributed by atoms with Gasteiger partial charge in [0.05, 0.1) is 5.92 Å². The molecule has 1 unspecified atom stereocenters. The van der Waals surface area contributed by atoms with Gasteiger partial charge in [0.15, 0.2) is 22.5 Å². The molecule has 2 aromatic rings. The van der Waals surface area contributed by atoms with E-state index < -0.39 is 0 Å². The minimum atomic E-state index is -0.116. The molecule has 0 bridgehead atoms. The molecule has 0 aliphatic carbocycles. The summed E-state index contributed by atoms with van der Waals surface area (Å²) in [6, 6.07) is 8.99. The van der Waals surface area contributed by atoms with Crippen LogP contribution in [0.4, 0.5) is 11.5 Å². The lowest BCUT2D eigenvalue weighted by Gasteiger charge is -2.32. The van der Waals surface area contributed by atoms with Crippen molar-refractivity contribution in [2.45, 2.75) is 12.8 Å². The summed E-state index contributed by atoms with van der Waals surface area (Å²) >= 11 is 5.80. The van der Waals surface area contributed by atoms with Gasteiger partial charge in [-0.1, -0.05) is 11.6 Å². The zero-order valence-electron chi connectivity index (χ0n) is 14.2. The number of carbonyl (C=O) groups excluding carboxylic acids is 1. The fourth-order valence-electron chi connectivity index (χ4n) is 3.24. The number of aromatic nitrogens is 2. The average molecular weight is 375 g/mol. The van der Waals surface area contributed by atoms with Crippen molar-refractivity contribution in [1.82, 2.24) is 10.2 Å². The molecule has 2 aliphatic heterocycles. The third-order valence-corrected chi connectivity index (χ3v) is 4.75. The van der Waals surface area contributed by atoms with Crippen LogP contribution >= 0.6 is 11.6 Å². The summed E-state index contributed by atoms with van der Waals surface area (Å²) in [5.41, 5.74) is 0.711. The summed E-state index contributed by atoms with van der Waals surface area (Å²) in [6.45, 7) is 2.52. The van der Waals surface area contributed by atoms with Gasteiger partial charge in [0.1, 0.15) is 13.2 Å². The minimum absolute atomic E-state index is 0.00620. The third-order valence-electron chi connectivity index (χ3n) is 4.54. The molecule has 1 amide bonds. The van der Waals surface area contributed by atoms with Crippen LogP contribution < -0.4 is 19.7 Å². The molecule has 0 saturated carbocycles. The molecule has 1 aromatic carbocycles. The Hall–Kier alpha value is -2.54. The molecule has 0 radical (unpaired) electrons. The number of hydrogen-bond acceptors (Lipinski definition) is 6. The number of hydrogen-bond donors (Lipinski definition) is 1. The average Bonchev–Trinajstić information content (AvgIpc) is 2.68. The van der Waals surface area contributed by atoms with Gasteiger partial charge in [-0.15, -0.1) is 10.2 Å². The molecule has 1 fully saturated rings. The Kier molecular flexibility index (Phi) is 4.79. The van der Waals surface area contributed by atoms with Crippen LogP contribution in [0.5, 0.6) is 11.5 Å². The van der Waals surface area contributed by atoms with Crippen LogP contribution in [0.1, 0.15) is 12.8 Å². The smallest absolute Gasteiger partial charge is 0.229 e. The molecule has 136 valence electrons. The van der Waals surface area contributed by atoms with Gasteiger partial charge < -0.3 is 19.7 Å². The first-order chi connectivity index (χ1) is 12.7. The lowest BCUT2D eigenvalue weighted by Crippen LogP contribution is -2.41. The fourth-order valence-corrected chi connectivity index (χ4v) is 3.34. The first-order valence-corrected chi connectivity index (χ1v) is 9.01. The van der Waals surface area contributed by atoms with Crippen molar-refractivity contribution in [2.24, 2.45) is 5.92 Å². The molecular weight excluding hydrogens is 356 g/mol. The summed E-state index contributed by atoms with van der Waals surface area (Å²) in [5, 5.41) is 11.3. The summed E-state index contributed by atoms with van der Waals surface area (Å²) in [6.07, 6.45) is 1.76. The molecule has 2 aliphatic rings. The predicted octanol–water partition coefficient (Wildman–Crippen LogP) is 2.76. The molecule has 7 nitrogen and oxygen atoms in total. The van der Waals surface area contributed by atoms with E-state index in [0.29, 0.717) is 42.1 Å². The van der Waals surface area contributed by atoms with E-state index in [-0.39, 0.29) is 11.8 Å². The SMILES string of the molecule is O=C(Nc1ccc2c(c1)OCCO2)C1CCCN(c2ccc(Cl)nn2)C1. The van der Waals surface area contributed by atoms with Crippen molar-refractivity contribution in [3.8, 4) is 11.5 Å². The van der Waals surface area contributed by atoms with E-state index in [9.17, 15) is 4.79 Å². The van der Waals surface area contributed by atoms with Crippen molar-refractivity contribution in [1.29, 1.82) is 0 Å². The summed E-state index contributed by atoms with van der Waals surface area (Å²) in [7, 11) is 0. The van der Waals surface area contributed by atoms with Gasteiger partial charge in [0.2, 0.25) is 5.91 Å². The van der Waals surface area contributed by atoms with Gasteiger partial charge in [-0.2, -0.15) is 0 Å². The number of piperidine rings is 1. The number of benzene rings is 1. The van der Waals surface area contributed by atoms with E-state index in [4.69, 9.17) is 21.1 Å². The third kappa shape index (κ3) is 3.67. The molecule has 1 N–H and O–H groups in total. The molecule has 3 heterocycles. The number of amides is 1. The highest BCUT2D eigenvalue weighted by Gasteiger charge is 2.27. The van der Waals surface area contributed by atoms with E-state index in [1.165, 1.54) is 0 Å². The lowest BCUT2D eigenvalue weighted by molar-refractivity contribution is -0.120. The van der Waals surface area contributed by atoms with Gasteiger partial charge in [-0.25, -0.2) is 0 Å². The standard InChI is InChI=1S/C18H19ClN4O3/c19-16-5-6-17(22-21-16)23-7-1-2-12(11-23)18(24)20-13-3-4-14-15(10-13)26-9-8-25-14/h3-6,10,12H,1-2,7-9,11H2,(H,20,24). The van der Waals surface area contributed by atoms with E-state index >= 15 is 0 Å². The van der Waals surface area contributed by atoms with Crippen LogP contribution in [0.25, 0.3) is 0 Å². The Bertz CT molecular complexity index is 800. The zero-order chi connectivity index (χ0) is 17.9. The lowest BCUT2D eigenvalue weighted by atomic mass is 9.97. The number of fused-ring (bicyclic) bond motifs is 1. The monoisotopic (exact) mass is 374 g/mol. The van der Waals surface area contributed by atoms with Gasteiger partial charge in [0, 0.05) is 24.8 Å². The van der Waals surface area contributed by atoms with E-state index in [2.05, 4.69) is 20.4 Å². The maximum atomic E-state index is 12.7. The number of rotatable bonds is 3. The largest absolute Gasteiger partial charge is 0.486 e. The highest BCUT2D eigenvalue weighted by atomic mass is 35.5. The minimum Gasteiger partial charge on any atom is -0.486 e. The second-order valence-corrected chi connectivity index (χ2v) is 6.73. The Morgan fingerprint density at radius 3 is 2.81 bits per heavy atom. The molecule has 1 aromatic heterocycles. The van der Waals surface area contributed by atoms with Crippen LogP contribution in [-0.4, -0.2) is 42.4 Å². The van der Waals surface area contributed by atoms with Gasteiger partial charge in [-0.3, -0.25) is 4.79 Å². The predicted molar refractivity (Wildman–Crippen MR) is 98.0 cm³/mol. The van der Waals surface area contributed by atoms with E-state index in [1.807, 2.05) is 18.2 Å². The Morgan fingerprint density at radius 1 is 1.15 bits per heavy atom. The molecule has 1 saturated heterocycles. The van der Waals surface area contributed by atoms with Crippen molar-refractivity contribution >= 4 is 29.0 Å². The van der Waals surface area contributed by atoms with Crippen molar-refractivity contribution in [2.75, 3.05) is 36.5 Å². The van der Waals surface area contributed by atoms with E-state index in [0.717, 1.165) is 25.2 Å². The number of ether oxygens (including phenoxy) is 2. The second-order valence-electron chi connectivity index (χ2n) is 6.35. The summed E-state index contributed by atoms with van der Waals surface area (Å²) < 4.78 is 11.1. The Balaban J connectivity index is 1.42. The molecule has 8 heteroatoms. The van der Waals surface area contributed by atoms with Crippen LogP contribution in [0, 0.1) is 5.92 Å². The topological polar surface area (TPSA) is 76.6 Å². The molecular formula is C18H19ClN4O3. The first-order valence-electron chi connectivity index (χ1n) is 8.64. The fraction of sp³-hybridized carbons (Fsp3) is 0.389. The summed E-state index contributed by atoms with van der Waals surface area (Å²) in [5.74, 6) is 1.99. The van der Waals surface area contributed by atoms with Crippen molar-refractivity contribution < 1.29 is 14.3 Å². The highest BCUT2D eigenvalue weighted by molar-refractivity contribution is 6.29. The second kappa shape index (κ2) is 7.37. The quantitative estimate of drug-likeness (QED) is 0.890.